The maximum Gasteiger partial charge on any atom is 0.340 e. The summed E-state index contributed by atoms with van der Waals surface area (Å²) in [5.74, 6) is 0.135. The van der Waals surface area contributed by atoms with Gasteiger partial charge in [-0.3, -0.25) is 4.79 Å². The number of fused-ring (bicyclic) bond motifs is 3. The van der Waals surface area contributed by atoms with Crippen molar-refractivity contribution in [3.8, 4) is 0 Å². The van der Waals surface area contributed by atoms with Gasteiger partial charge in [0.1, 0.15) is 0 Å². The molecule has 126 valence electrons. The molecule has 25 heavy (non-hydrogen) atoms. The molecule has 1 aliphatic heterocycles. The summed E-state index contributed by atoms with van der Waals surface area (Å²) in [6.07, 6.45) is 2.84. The van der Waals surface area contributed by atoms with Crippen molar-refractivity contribution in [3.63, 3.8) is 0 Å². The highest BCUT2D eigenvalue weighted by Gasteiger charge is 2.23. The molecule has 0 atom stereocenters. The molecule has 0 bridgehead atoms. The van der Waals surface area contributed by atoms with Crippen molar-refractivity contribution < 1.29 is 9.59 Å². The molecule has 0 fully saturated rings. The third kappa shape index (κ3) is 2.76. The monoisotopic (exact) mass is 334 g/mol. The molecule has 0 saturated carbocycles. The molecule has 2 N–H and O–H groups in total. The van der Waals surface area contributed by atoms with Crippen LogP contribution in [0.15, 0.2) is 48.7 Å². The van der Waals surface area contributed by atoms with Gasteiger partial charge in [0.05, 0.1) is 11.7 Å². The highest BCUT2D eigenvalue weighted by molar-refractivity contribution is 5.92. The van der Waals surface area contributed by atoms with Crippen LogP contribution in [0.1, 0.15) is 23.1 Å². The molecule has 6 heteroatoms. The van der Waals surface area contributed by atoms with Crippen LogP contribution in [0.5, 0.6) is 0 Å². The first-order chi connectivity index (χ1) is 12.1. The number of nitrogens with zero attached hydrogens (tertiary/aromatic N) is 3. The van der Waals surface area contributed by atoms with Gasteiger partial charge in [-0.25, -0.2) is 4.79 Å². The van der Waals surface area contributed by atoms with Crippen molar-refractivity contribution in [2.75, 3.05) is 0 Å². The number of benzene rings is 2. The van der Waals surface area contributed by atoms with Crippen LogP contribution < -0.4 is 5.73 Å². The van der Waals surface area contributed by atoms with Gasteiger partial charge in [-0.2, -0.15) is 9.78 Å². The van der Waals surface area contributed by atoms with Crippen molar-refractivity contribution in [1.29, 1.82) is 0 Å². The summed E-state index contributed by atoms with van der Waals surface area (Å²) in [5, 5.41) is 4.98. The van der Waals surface area contributed by atoms with Crippen LogP contribution in [0.25, 0.3) is 10.9 Å². The van der Waals surface area contributed by atoms with Gasteiger partial charge >= 0.3 is 6.03 Å². The van der Waals surface area contributed by atoms with Crippen LogP contribution in [0.3, 0.4) is 0 Å². The molecule has 0 unspecified atom stereocenters. The van der Waals surface area contributed by atoms with Gasteiger partial charge in [-0.15, -0.1) is 0 Å². The van der Waals surface area contributed by atoms with Crippen LogP contribution in [0.2, 0.25) is 0 Å². The summed E-state index contributed by atoms with van der Waals surface area (Å²) >= 11 is 0. The normalized spacial score (nSPS) is 14.4. The molecular formula is C19H18N4O2. The largest absolute Gasteiger partial charge is 0.350 e. The van der Waals surface area contributed by atoms with Crippen molar-refractivity contribution in [2.24, 2.45) is 5.73 Å². The highest BCUT2D eigenvalue weighted by atomic mass is 16.2. The number of carbonyl (C=O) groups is 2. The molecule has 0 radical (unpaired) electrons. The number of nitrogens with two attached hydrogens (primary N) is 1. The number of hydrogen-bond donors (Lipinski definition) is 1. The van der Waals surface area contributed by atoms with Gasteiger partial charge in [0.15, 0.2) is 0 Å². The zero-order chi connectivity index (χ0) is 17.4. The first-order valence-electron chi connectivity index (χ1n) is 8.23. The first-order valence-corrected chi connectivity index (χ1v) is 8.23. The molecule has 1 aliphatic rings. The molecule has 0 spiro atoms. The average Bonchev–Trinajstić information content (AvgIpc) is 2.99. The Labute approximate surface area is 144 Å². The molecule has 1 aromatic heterocycles. The Balaban J connectivity index is 1.75. The summed E-state index contributed by atoms with van der Waals surface area (Å²) < 4.78 is 1.20. The molecule has 6 nitrogen and oxygen atoms in total. The standard InChI is InChI=1S/C19H18N4O2/c20-19(25)23-17-8-6-14-7-9-18(24)22(11-13-4-2-1-3-5-13)12-16(14)15(17)10-21-23/h1-6,8,10H,7,9,11-12H2,(H2,20,25). The summed E-state index contributed by atoms with van der Waals surface area (Å²) in [4.78, 5) is 26.0. The second-order valence-electron chi connectivity index (χ2n) is 6.27. The summed E-state index contributed by atoms with van der Waals surface area (Å²) in [6.45, 7) is 1.07. The number of aryl methyl sites for hydroxylation is 1. The Morgan fingerprint density at radius 2 is 1.92 bits per heavy atom. The van der Waals surface area contributed by atoms with E-state index in [1.54, 1.807) is 6.20 Å². The Kier molecular flexibility index (Phi) is 3.72. The summed E-state index contributed by atoms with van der Waals surface area (Å²) in [7, 11) is 0. The number of amides is 2. The van der Waals surface area contributed by atoms with Crippen molar-refractivity contribution >= 4 is 22.8 Å². The molecule has 2 amide bonds. The number of primary amides is 1. The first kappa shape index (κ1) is 15.4. The second kappa shape index (κ2) is 6.05. The third-order valence-corrected chi connectivity index (χ3v) is 4.70. The zero-order valence-corrected chi connectivity index (χ0v) is 13.7. The van der Waals surface area contributed by atoms with Crippen LogP contribution >= 0.6 is 0 Å². The Bertz CT molecular complexity index is 962. The predicted molar refractivity (Wildman–Crippen MR) is 93.7 cm³/mol. The lowest BCUT2D eigenvalue weighted by atomic mass is 10.0. The highest BCUT2D eigenvalue weighted by Crippen LogP contribution is 2.28. The van der Waals surface area contributed by atoms with E-state index in [1.807, 2.05) is 47.4 Å². The van der Waals surface area contributed by atoms with Gasteiger partial charge in [0.25, 0.3) is 0 Å². The van der Waals surface area contributed by atoms with Crippen molar-refractivity contribution in [3.05, 3.63) is 65.4 Å². The van der Waals surface area contributed by atoms with Crippen molar-refractivity contribution in [1.82, 2.24) is 14.7 Å². The van der Waals surface area contributed by atoms with Gasteiger partial charge in [0.2, 0.25) is 5.91 Å². The molecule has 4 rings (SSSR count). The lowest BCUT2D eigenvalue weighted by Gasteiger charge is -2.21. The summed E-state index contributed by atoms with van der Waals surface area (Å²) in [5.41, 5.74) is 9.33. The minimum absolute atomic E-state index is 0.135. The quantitative estimate of drug-likeness (QED) is 0.781. The van der Waals surface area contributed by atoms with Gasteiger partial charge in [-0.1, -0.05) is 36.4 Å². The molecular weight excluding hydrogens is 316 g/mol. The fourth-order valence-corrected chi connectivity index (χ4v) is 3.43. The number of carbonyl (C=O) groups excluding carboxylic acids is 2. The van der Waals surface area contributed by atoms with E-state index in [9.17, 15) is 9.59 Å². The Hall–Kier alpha value is -3.15. The van der Waals surface area contributed by atoms with E-state index < -0.39 is 6.03 Å². The van der Waals surface area contributed by atoms with E-state index in [-0.39, 0.29) is 5.91 Å². The molecule has 0 aliphatic carbocycles. The Morgan fingerprint density at radius 1 is 1.12 bits per heavy atom. The van der Waals surface area contributed by atoms with E-state index in [0.717, 1.165) is 22.1 Å². The van der Waals surface area contributed by atoms with Crippen LogP contribution in [-0.4, -0.2) is 26.6 Å². The number of aromatic nitrogens is 2. The molecule has 3 aromatic rings. The molecule has 2 heterocycles. The lowest BCUT2D eigenvalue weighted by molar-refractivity contribution is -0.132. The molecule has 0 saturated heterocycles. The van der Waals surface area contributed by atoms with Crippen LogP contribution in [0, 0.1) is 0 Å². The SMILES string of the molecule is NC(=O)n1ncc2c3c(ccc21)CCC(=O)N(Cc1ccccc1)C3. The second-order valence-corrected chi connectivity index (χ2v) is 6.27. The van der Waals surface area contributed by atoms with Gasteiger partial charge in [-0.05, 0) is 29.2 Å². The predicted octanol–water partition coefficient (Wildman–Crippen LogP) is 2.44. The van der Waals surface area contributed by atoms with E-state index in [2.05, 4.69) is 5.10 Å². The third-order valence-electron chi connectivity index (χ3n) is 4.70. The minimum Gasteiger partial charge on any atom is -0.350 e. The van der Waals surface area contributed by atoms with E-state index in [1.165, 1.54) is 4.68 Å². The number of hydrogen-bond acceptors (Lipinski definition) is 3. The van der Waals surface area contributed by atoms with E-state index in [0.29, 0.717) is 31.4 Å². The lowest BCUT2D eigenvalue weighted by Crippen LogP contribution is -2.28. The molecule has 2 aromatic carbocycles. The zero-order valence-electron chi connectivity index (χ0n) is 13.7. The maximum absolute atomic E-state index is 12.6. The fourth-order valence-electron chi connectivity index (χ4n) is 3.43. The van der Waals surface area contributed by atoms with Crippen molar-refractivity contribution in [2.45, 2.75) is 25.9 Å². The average molecular weight is 334 g/mol. The number of rotatable bonds is 2. The minimum atomic E-state index is -0.610. The fraction of sp³-hybridized carbons (Fsp3) is 0.211. The van der Waals surface area contributed by atoms with E-state index >= 15 is 0 Å². The van der Waals surface area contributed by atoms with E-state index in [4.69, 9.17) is 5.73 Å². The maximum atomic E-state index is 12.6. The van der Waals surface area contributed by atoms with Gasteiger partial charge in [0, 0.05) is 24.9 Å². The summed E-state index contributed by atoms with van der Waals surface area (Å²) in [6, 6.07) is 13.2. The van der Waals surface area contributed by atoms with Gasteiger partial charge < -0.3 is 10.6 Å². The smallest absolute Gasteiger partial charge is 0.340 e. The van der Waals surface area contributed by atoms with Crippen LogP contribution in [0.4, 0.5) is 4.79 Å². The van der Waals surface area contributed by atoms with Crippen LogP contribution in [-0.2, 0) is 24.3 Å². The topological polar surface area (TPSA) is 81.2 Å². The Morgan fingerprint density at radius 3 is 2.68 bits per heavy atom.